The highest BCUT2D eigenvalue weighted by molar-refractivity contribution is 7.57. The average Bonchev–Trinajstić information content (AvgIpc) is 2.90. The van der Waals surface area contributed by atoms with Gasteiger partial charge in [-0.15, -0.1) is 0 Å². The maximum Gasteiger partial charge on any atom is 0.206 e. The van der Waals surface area contributed by atoms with Gasteiger partial charge in [0.05, 0.1) is 18.5 Å². The lowest BCUT2D eigenvalue weighted by molar-refractivity contribution is 0.336. The Hall–Kier alpha value is -1.39. The Kier molecular flexibility index (Phi) is 3.99. The highest BCUT2D eigenvalue weighted by Gasteiger charge is 2.17. The fourth-order valence-electron chi connectivity index (χ4n) is 1.71. The van der Waals surface area contributed by atoms with Crippen LogP contribution in [0.15, 0.2) is 30.7 Å². The molecular weight excluding hydrogens is 251 g/mol. The number of hydrogen-bond acceptors (Lipinski definition) is 4. The van der Waals surface area contributed by atoms with Crippen LogP contribution in [0.3, 0.4) is 0 Å². The van der Waals surface area contributed by atoms with E-state index >= 15 is 0 Å². The molecule has 0 saturated heterocycles. The van der Waals surface area contributed by atoms with Crippen LogP contribution in [-0.4, -0.2) is 32.8 Å². The lowest BCUT2D eigenvalue weighted by atomic mass is 10.5. The fourth-order valence-corrected chi connectivity index (χ4v) is 3.11. The highest BCUT2D eigenvalue weighted by atomic mass is 31.2. The molecule has 18 heavy (non-hydrogen) atoms. The van der Waals surface area contributed by atoms with Crippen molar-refractivity contribution in [3.8, 4) is 0 Å². The molecular formula is C11H17N4O2P. The van der Waals surface area contributed by atoms with Gasteiger partial charge in [-0.2, -0.15) is 10.2 Å². The highest BCUT2D eigenvalue weighted by Crippen LogP contribution is 2.45. The minimum absolute atomic E-state index is 0.368. The lowest BCUT2D eigenvalue weighted by Crippen LogP contribution is -2.09. The van der Waals surface area contributed by atoms with Gasteiger partial charge >= 0.3 is 0 Å². The van der Waals surface area contributed by atoms with Gasteiger partial charge in [0.25, 0.3) is 0 Å². The van der Waals surface area contributed by atoms with Crippen LogP contribution < -0.4 is 0 Å². The summed E-state index contributed by atoms with van der Waals surface area (Å²) in [5.74, 6) is 0. The summed E-state index contributed by atoms with van der Waals surface area (Å²) in [5.41, 5.74) is 0.779. The molecule has 0 radical (unpaired) electrons. The molecule has 0 amide bonds. The average molecular weight is 268 g/mol. The summed E-state index contributed by atoms with van der Waals surface area (Å²) in [6, 6.07) is 3.72. The first-order chi connectivity index (χ1) is 8.59. The van der Waals surface area contributed by atoms with E-state index in [1.54, 1.807) is 22.2 Å². The molecule has 2 aromatic rings. The van der Waals surface area contributed by atoms with Crippen molar-refractivity contribution in [3.05, 3.63) is 36.4 Å². The van der Waals surface area contributed by atoms with Crippen LogP contribution in [0.5, 0.6) is 0 Å². The maximum atomic E-state index is 12.0. The van der Waals surface area contributed by atoms with Crippen molar-refractivity contribution in [1.82, 2.24) is 19.6 Å². The normalized spacial score (nSPS) is 14.6. The fraction of sp³-hybridized carbons (Fsp3) is 0.455. The van der Waals surface area contributed by atoms with E-state index in [2.05, 4.69) is 10.2 Å². The van der Waals surface area contributed by atoms with Crippen molar-refractivity contribution in [2.45, 2.75) is 19.8 Å². The van der Waals surface area contributed by atoms with Gasteiger partial charge in [0, 0.05) is 25.3 Å². The van der Waals surface area contributed by atoms with E-state index < -0.39 is 7.37 Å². The van der Waals surface area contributed by atoms with Crippen LogP contribution in [0.25, 0.3) is 0 Å². The molecule has 0 aliphatic rings. The zero-order valence-electron chi connectivity index (χ0n) is 10.6. The summed E-state index contributed by atoms with van der Waals surface area (Å²) in [5, 5.41) is 8.46. The first-order valence-corrected chi connectivity index (χ1v) is 8.05. The molecule has 2 rings (SSSR count). The lowest BCUT2D eigenvalue weighted by Gasteiger charge is -2.10. The molecule has 2 heterocycles. The topological polar surface area (TPSA) is 61.9 Å². The van der Waals surface area contributed by atoms with Gasteiger partial charge in [-0.25, -0.2) is 0 Å². The quantitative estimate of drug-likeness (QED) is 0.752. The molecule has 0 aliphatic carbocycles. The summed E-state index contributed by atoms with van der Waals surface area (Å²) in [7, 11) is -2.57. The minimum Gasteiger partial charge on any atom is -0.329 e. The Morgan fingerprint density at radius 2 is 2.22 bits per heavy atom. The van der Waals surface area contributed by atoms with E-state index in [9.17, 15) is 4.57 Å². The SMILES string of the molecule is CCOP(C)(=O)Cc1ccn(Cn2cccn2)n1. The molecule has 0 spiro atoms. The minimum atomic E-state index is -2.57. The van der Waals surface area contributed by atoms with Crippen LogP contribution in [-0.2, 0) is 21.9 Å². The summed E-state index contributed by atoms with van der Waals surface area (Å²) < 4.78 is 20.8. The third-order valence-electron chi connectivity index (χ3n) is 2.40. The second kappa shape index (κ2) is 5.50. The largest absolute Gasteiger partial charge is 0.329 e. The molecule has 0 fully saturated rings. The summed E-state index contributed by atoms with van der Waals surface area (Å²) in [6.45, 7) is 4.49. The molecule has 0 aliphatic heterocycles. The van der Waals surface area contributed by atoms with E-state index in [0.29, 0.717) is 19.4 Å². The second-order valence-corrected chi connectivity index (χ2v) is 6.73. The zero-order chi connectivity index (χ0) is 13.0. The van der Waals surface area contributed by atoms with Crippen molar-refractivity contribution < 1.29 is 9.09 Å². The predicted octanol–water partition coefficient (Wildman–Crippen LogP) is 2.03. The molecule has 7 heteroatoms. The van der Waals surface area contributed by atoms with E-state index in [4.69, 9.17) is 4.52 Å². The van der Waals surface area contributed by atoms with Crippen molar-refractivity contribution in [2.24, 2.45) is 0 Å². The number of rotatable bonds is 6. The first-order valence-electron chi connectivity index (χ1n) is 5.80. The molecule has 0 bridgehead atoms. The molecule has 0 aromatic carbocycles. The molecule has 1 atom stereocenters. The van der Waals surface area contributed by atoms with Crippen molar-refractivity contribution >= 4 is 7.37 Å². The predicted molar refractivity (Wildman–Crippen MR) is 68.7 cm³/mol. The van der Waals surface area contributed by atoms with Gasteiger partial charge in [0.2, 0.25) is 7.37 Å². The summed E-state index contributed by atoms with van der Waals surface area (Å²) in [6.07, 6.45) is 5.81. The van der Waals surface area contributed by atoms with E-state index in [-0.39, 0.29) is 0 Å². The molecule has 6 nitrogen and oxygen atoms in total. The van der Waals surface area contributed by atoms with Gasteiger partial charge in [-0.05, 0) is 19.1 Å². The van der Waals surface area contributed by atoms with Gasteiger partial charge in [-0.1, -0.05) is 0 Å². The van der Waals surface area contributed by atoms with Crippen molar-refractivity contribution in [2.75, 3.05) is 13.3 Å². The second-order valence-electron chi connectivity index (χ2n) is 4.12. The summed E-state index contributed by atoms with van der Waals surface area (Å²) >= 11 is 0. The van der Waals surface area contributed by atoms with Crippen LogP contribution >= 0.6 is 7.37 Å². The number of nitrogens with zero attached hydrogens (tertiary/aromatic N) is 4. The molecule has 2 aromatic heterocycles. The summed E-state index contributed by atoms with van der Waals surface area (Å²) in [4.78, 5) is 0. The monoisotopic (exact) mass is 268 g/mol. The van der Waals surface area contributed by atoms with E-state index in [1.807, 2.05) is 31.5 Å². The Balaban J connectivity index is 2.00. The number of hydrogen-bond donors (Lipinski definition) is 0. The third-order valence-corrected chi connectivity index (χ3v) is 4.10. The van der Waals surface area contributed by atoms with Crippen LogP contribution in [0.1, 0.15) is 12.6 Å². The Bertz CT molecular complexity index is 535. The Labute approximate surface area is 106 Å². The Morgan fingerprint density at radius 3 is 2.89 bits per heavy atom. The standard InChI is InChI=1S/C11H17N4O2P/c1-3-17-18(2,16)9-11-5-8-15(13-11)10-14-7-4-6-12-14/h4-8H,3,9-10H2,1-2H3. The molecule has 1 unspecified atom stereocenters. The van der Waals surface area contributed by atoms with Gasteiger partial charge in [0.1, 0.15) is 6.67 Å². The van der Waals surface area contributed by atoms with Gasteiger partial charge < -0.3 is 4.52 Å². The van der Waals surface area contributed by atoms with Gasteiger partial charge in [0.15, 0.2) is 0 Å². The third kappa shape index (κ3) is 3.55. The zero-order valence-corrected chi connectivity index (χ0v) is 11.5. The number of aromatic nitrogens is 4. The molecule has 98 valence electrons. The Morgan fingerprint density at radius 1 is 1.39 bits per heavy atom. The first kappa shape index (κ1) is 13.1. The molecule has 0 N–H and O–H groups in total. The van der Waals surface area contributed by atoms with Crippen LogP contribution in [0.2, 0.25) is 0 Å². The van der Waals surface area contributed by atoms with E-state index in [1.165, 1.54) is 0 Å². The van der Waals surface area contributed by atoms with Crippen molar-refractivity contribution in [3.63, 3.8) is 0 Å². The van der Waals surface area contributed by atoms with E-state index in [0.717, 1.165) is 5.69 Å². The van der Waals surface area contributed by atoms with Crippen molar-refractivity contribution in [1.29, 1.82) is 0 Å². The molecule has 0 saturated carbocycles. The smallest absolute Gasteiger partial charge is 0.206 e. The van der Waals surface area contributed by atoms with Crippen LogP contribution in [0, 0.1) is 0 Å². The maximum absolute atomic E-state index is 12.0. The van der Waals surface area contributed by atoms with Gasteiger partial charge in [-0.3, -0.25) is 13.9 Å². The van der Waals surface area contributed by atoms with Crippen LogP contribution in [0.4, 0.5) is 0 Å².